The number of carbonyl (C=O) groups is 2. The Labute approximate surface area is 195 Å². The molecule has 3 aromatic rings. The molecule has 4 rings (SSSR count). The Morgan fingerprint density at radius 2 is 1.76 bits per heavy atom. The molecule has 1 aliphatic rings. The third-order valence-corrected chi connectivity index (χ3v) is 5.19. The summed E-state index contributed by atoms with van der Waals surface area (Å²) in [6.07, 6.45) is 1.80. The second-order valence-electron chi connectivity index (χ2n) is 7.66. The van der Waals surface area contributed by atoms with Crippen molar-refractivity contribution in [2.24, 2.45) is 0 Å². The predicted molar refractivity (Wildman–Crippen MR) is 123 cm³/mol. The van der Waals surface area contributed by atoms with Crippen LogP contribution in [0.1, 0.15) is 30.1 Å². The van der Waals surface area contributed by atoms with Crippen LogP contribution in [0.2, 0.25) is 0 Å². The predicted octanol–water partition coefficient (Wildman–Crippen LogP) is 3.08. The lowest BCUT2D eigenvalue weighted by Crippen LogP contribution is -2.34. The van der Waals surface area contributed by atoms with Crippen molar-refractivity contribution in [2.75, 3.05) is 26.4 Å². The molecule has 0 saturated carbocycles. The maximum atomic E-state index is 12.4. The number of esters is 1. The minimum absolute atomic E-state index is 0.0351. The number of hydrogen-bond acceptors (Lipinski definition) is 8. The molecule has 1 atom stereocenters. The molecule has 0 radical (unpaired) electrons. The second kappa shape index (κ2) is 10.8. The smallest absolute Gasteiger partial charge is 0.349 e. The molecule has 0 aliphatic carbocycles. The molecule has 1 saturated heterocycles. The van der Waals surface area contributed by atoms with Crippen LogP contribution in [0.4, 0.5) is 0 Å². The van der Waals surface area contributed by atoms with Crippen LogP contribution in [0.5, 0.6) is 17.2 Å². The van der Waals surface area contributed by atoms with Crippen molar-refractivity contribution in [3.63, 3.8) is 0 Å². The number of nitrogens with one attached hydrogen (secondary N) is 1. The molecule has 1 fully saturated rings. The summed E-state index contributed by atoms with van der Waals surface area (Å²) in [4.78, 5) is 36.9. The molecule has 1 aromatic heterocycles. The first kappa shape index (κ1) is 23.3. The molecule has 1 N–H and O–H groups in total. The van der Waals surface area contributed by atoms with E-state index in [9.17, 15) is 14.4 Å². The molecule has 0 bridgehead atoms. The molecule has 0 spiro atoms. The van der Waals surface area contributed by atoms with Crippen molar-refractivity contribution in [3.8, 4) is 17.2 Å². The van der Waals surface area contributed by atoms with Crippen molar-refractivity contribution in [1.29, 1.82) is 0 Å². The molecule has 2 heterocycles. The van der Waals surface area contributed by atoms with Gasteiger partial charge in [-0.15, -0.1) is 0 Å². The summed E-state index contributed by atoms with van der Waals surface area (Å²) in [7, 11) is 0. The van der Waals surface area contributed by atoms with E-state index in [1.165, 1.54) is 12.1 Å². The molecule has 2 aromatic carbocycles. The van der Waals surface area contributed by atoms with Gasteiger partial charge in [0.05, 0.1) is 12.7 Å². The summed E-state index contributed by atoms with van der Waals surface area (Å²) in [6, 6.07) is 12.9. The zero-order valence-corrected chi connectivity index (χ0v) is 18.7. The molecular weight excluding hydrogens is 442 g/mol. The van der Waals surface area contributed by atoms with Gasteiger partial charge in [0.2, 0.25) is 0 Å². The fourth-order valence-electron chi connectivity index (χ4n) is 3.52. The van der Waals surface area contributed by atoms with Crippen LogP contribution >= 0.6 is 0 Å². The molecule has 9 nitrogen and oxygen atoms in total. The Hall–Kier alpha value is -3.85. The van der Waals surface area contributed by atoms with Gasteiger partial charge in [0.25, 0.3) is 5.91 Å². The van der Waals surface area contributed by atoms with Gasteiger partial charge in [0.15, 0.2) is 6.61 Å². The minimum Gasteiger partial charge on any atom is -0.494 e. The largest absolute Gasteiger partial charge is 0.494 e. The fraction of sp³-hybridized carbons (Fsp3) is 0.320. The first-order valence-corrected chi connectivity index (χ1v) is 11.1. The Balaban J connectivity index is 1.36. The number of carbonyl (C=O) groups excluding carboxylic acids is 2. The van der Waals surface area contributed by atoms with E-state index in [2.05, 4.69) is 5.32 Å². The van der Waals surface area contributed by atoms with Gasteiger partial charge in [-0.25, -0.2) is 9.59 Å². The summed E-state index contributed by atoms with van der Waals surface area (Å²) in [5, 5.41) is 3.23. The highest BCUT2D eigenvalue weighted by molar-refractivity contribution is 5.96. The first-order valence-electron chi connectivity index (χ1n) is 11.1. The zero-order chi connectivity index (χ0) is 23.9. The van der Waals surface area contributed by atoms with Crippen LogP contribution < -0.4 is 25.2 Å². The van der Waals surface area contributed by atoms with E-state index in [1.807, 2.05) is 6.92 Å². The van der Waals surface area contributed by atoms with Crippen LogP contribution in [0, 0.1) is 0 Å². The van der Waals surface area contributed by atoms with Crippen LogP contribution in [-0.2, 0) is 9.53 Å². The molecule has 9 heteroatoms. The molecule has 178 valence electrons. The third-order valence-electron chi connectivity index (χ3n) is 5.19. The number of amides is 1. The topological polar surface area (TPSA) is 113 Å². The number of ether oxygens (including phenoxy) is 4. The Bertz CT molecular complexity index is 1210. The monoisotopic (exact) mass is 467 g/mol. The van der Waals surface area contributed by atoms with Gasteiger partial charge in [-0.3, -0.25) is 4.79 Å². The lowest BCUT2D eigenvalue weighted by atomic mass is 10.1. The quantitative estimate of drug-likeness (QED) is 0.290. The van der Waals surface area contributed by atoms with Gasteiger partial charge in [0, 0.05) is 24.6 Å². The van der Waals surface area contributed by atoms with E-state index in [0.29, 0.717) is 36.6 Å². The average Bonchev–Trinajstić information content (AvgIpc) is 3.35. The van der Waals surface area contributed by atoms with E-state index < -0.39 is 17.5 Å². The van der Waals surface area contributed by atoms with Crippen molar-refractivity contribution in [2.45, 2.75) is 25.9 Å². The fourth-order valence-corrected chi connectivity index (χ4v) is 3.52. The molecule has 1 aliphatic heterocycles. The van der Waals surface area contributed by atoms with Crippen LogP contribution in [-0.4, -0.2) is 44.3 Å². The maximum Gasteiger partial charge on any atom is 0.349 e. The highest BCUT2D eigenvalue weighted by Gasteiger charge is 2.19. The summed E-state index contributed by atoms with van der Waals surface area (Å²) < 4.78 is 26.8. The van der Waals surface area contributed by atoms with Crippen molar-refractivity contribution in [1.82, 2.24) is 5.32 Å². The molecule has 1 amide bonds. The van der Waals surface area contributed by atoms with E-state index in [1.54, 1.807) is 36.4 Å². The minimum atomic E-state index is -0.778. The summed E-state index contributed by atoms with van der Waals surface area (Å²) in [5.41, 5.74) is -0.683. The van der Waals surface area contributed by atoms with Crippen LogP contribution in [0.25, 0.3) is 11.0 Å². The van der Waals surface area contributed by atoms with Gasteiger partial charge in [-0.1, -0.05) is 0 Å². The number of fused-ring (bicyclic) bond motifs is 1. The Kier molecular flexibility index (Phi) is 7.44. The highest BCUT2D eigenvalue weighted by Crippen LogP contribution is 2.22. The second-order valence-corrected chi connectivity index (χ2v) is 7.66. The van der Waals surface area contributed by atoms with E-state index in [-0.39, 0.29) is 29.6 Å². The number of hydrogen-bond donors (Lipinski definition) is 1. The summed E-state index contributed by atoms with van der Waals surface area (Å²) in [6.45, 7) is 3.16. The van der Waals surface area contributed by atoms with E-state index in [0.717, 1.165) is 12.8 Å². The van der Waals surface area contributed by atoms with Crippen molar-refractivity contribution < 1.29 is 33.0 Å². The maximum absolute atomic E-state index is 12.4. The van der Waals surface area contributed by atoms with Gasteiger partial charge >= 0.3 is 11.6 Å². The zero-order valence-electron chi connectivity index (χ0n) is 18.7. The lowest BCUT2D eigenvalue weighted by molar-refractivity contribution is -0.136. The highest BCUT2D eigenvalue weighted by atomic mass is 16.6. The summed E-state index contributed by atoms with van der Waals surface area (Å²) >= 11 is 0. The standard InChI is InChI=1S/C25H25NO8/c1-2-30-17-7-9-18(10-8-17)32-15-23(27)33-19-6-5-16-12-21(25(29)34-22(16)13-19)24(28)26-14-20-4-3-11-31-20/h5-10,12-13,20H,2-4,11,14-15H2,1H3,(H,26,28). The normalized spacial score (nSPS) is 15.1. The SMILES string of the molecule is CCOc1ccc(OCC(=O)Oc2ccc3cc(C(=O)NCC4CCCO4)c(=O)oc3c2)cc1. The van der Waals surface area contributed by atoms with Gasteiger partial charge < -0.3 is 28.7 Å². The molecular formula is C25H25NO8. The Morgan fingerprint density at radius 3 is 2.47 bits per heavy atom. The Morgan fingerprint density at radius 1 is 1.03 bits per heavy atom. The number of rotatable bonds is 9. The van der Waals surface area contributed by atoms with Gasteiger partial charge in [-0.2, -0.15) is 0 Å². The van der Waals surface area contributed by atoms with E-state index in [4.69, 9.17) is 23.4 Å². The number of benzene rings is 2. The van der Waals surface area contributed by atoms with Crippen molar-refractivity contribution in [3.05, 3.63) is 64.5 Å². The van der Waals surface area contributed by atoms with Gasteiger partial charge in [0.1, 0.15) is 28.4 Å². The van der Waals surface area contributed by atoms with Crippen LogP contribution in [0.3, 0.4) is 0 Å². The first-order chi connectivity index (χ1) is 16.5. The van der Waals surface area contributed by atoms with Crippen molar-refractivity contribution >= 4 is 22.8 Å². The summed E-state index contributed by atoms with van der Waals surface area (Å²) in [5.74, 6) is 0.245. The van der Waals surface area contributed by atoms with Crippen LogP contribution in [0.15, 0.2) is 57.7 Å². The average molecular weight is 467 g/mol. The molecule has 1 unspecified atom stereocenters. The van der Waals surface area contributed by atoms with E-state index >= 15 is 0 Å². The lowest BCUT2D eigenvalue weighted by Gasteiger charge is -2.10. The molecule has 34 heavy (non-hydrogen) atoms. The van der Waals surface area contributed by atoms with Gasteiger partial charge in [-0.05, 0) is 62.2 Å². The third kappa shape index (κ3) is 5.93.